The number of para-hydroxylation sites is 2. The number of amides is 1. The molecular weight excluding hydrogens is 336 g/mol. The molecular formula is C19H14N2O5. The Morgan fingerprint density at radius 1 is 0.962 bits per heavy atom. The molecule has 2 aromatic carbocycles. The molecule has 0 atom stereocenters. The number of oxazole rings is 1. The monoisotopic (exact) mass is 350 g/mol. The van der Waals surface area contributed by atoms with Gasteiger partial charge in [-0.05, 0) is 36.4 Å². The summed E-state index contributed by atoms with van der Waals surface area (Å²) < 4.78 is 11.6. The summed E-state index contributed by atoms with van der Waals surface area (Å²) in [6.45, 7) is 0.212. The number of fused-ring (bicyclic) bond motifs is 2. The van der Waals surface area contributed by atoms with Crippen LogP contribution in [0, 0.1) is 0 Å². The van der Waals surface area contributed by atoms with Gasteiger partial charge in [0.05, 0.1) is 5.52 Å². The van der Waals surface area contributed by atoms with Gasteiger partial charge in [-0.25, -0.2) is 9.59 Å². The number of hydrogen-bond acceptors (Lipinski definition) is 5. The van der Waals surface area contributed by atoms with Crippen molar-refractivity contribution < 1.29 is 13.6 Å². The Labute approximate surface area is 146 Å². The lowest BCUT2D eigenvalue weighted by Gasteiger charge is -2.06. The first-order valence-corrected chi connectivity index (χ1v) is 8.02. The van der Waals surface area contributed by atoms with Crippen LogP contribution < -0.4 is 16.7 Å². The SMILES string of the molecule is O=C(CCn1c(=O)oc2ccccc21)Nc1ccc2oc(=O)ccc2c1. The van der Waals surface area contributed by atoms with Crippen LogP contribution in [-0.4, -0.2) is 10.5 Å². The predicted molar refractivity (Wildman–Crippen MR) is 96.2 cm³/mol. The van der Waals surface area contributed by atoms with Crippen molar-refractivity contribution in [3.63, 3.8) is 0 Å². The zero-order valence-electron chi connectivity index (χ0n) is 13.6. The second kappa shape index (κ2) is 6.36. The molecule has 4 aromatic rings. The number of benzene rings is 2. The molecule has 0 aliphatic carbocycles. The largest absolute Gasteiger partial charge is 0.423 e. The summed E-state index contributed by atoms with van der Waals surface area (Å²) in [6.07, 6.45) is 0.116. The van der Waals surface area contributed by atoms with E-state index < -0.39 is 11.4 Å². The van der Waals surface area contributed by atoms with Crippen LogP contribution in [0.4, 0.5) is 5.69 Å². The fourth-order valence-corrected chi connectivity index (χ4v) is 2.81. The van der Waals surface area contributed by atoms with E-state index in [0.29, 0.717) is 27.8 Å². The molecule has 7 nitrogen and oxygen atoms in total. The van der Waals surface area contributed by atoms with Gasteiger partial charge in [-0.3, -0.25) is 9.36 Å². The van der Waals surface area contributed by atoms with Gasteiger partial charge in [0.15, 0.2) is 5.58 Å². The highest BCUT2D eigenvalue weighted by molar-refractivity contribution is 5.93. The van der Waals surface area contributed by atoms with Crippen LogP contribution in [0.1, 0.15) is 6.42 Å². The highest BCUT2D eigenvalue weighted by Gasteiger charge is 2.11. The Balaban J connectivity index is 1.48. The van der Waals surface area contributed by atoms with Crippen LogP contribution in [0.2, 0.25) is 0 Å². The molecule has 7 heteroatoms. The summed E-state index contributed by atoms with van der Waals surface area (Å²) in [5, 5.41) is 3.48. The van der Waals surface area contributed by atoms with Gasteiger partial charge in [0.1, 0.15) is 5.58 Å². The van der Waals surface area contributed by atoms with E-state index in [9.17, 15) is 14.4 Å². The molecule has 4 rings (SSSR count). The maximum Gasteiger partial charge on any atom is 0.419 e. The Kier molecular flexibility index (Phi) is 3.89. The third-order valence-corrected chi connectivity index (χ3v) is 4.04. The van der Waals surface area contributed by atoms with Crippen molar-refractivity contribution in [3.8, 4) is 0 Å². The third-order valence-electron chi connectivity index (χ3n) is 4.04. The first-order valence-electron chi connectivity index (χ1n) is 8.02. The van der Waals surface area contributed by atoms with E-state index in [2.05, 4.69) is 5.32 Å². The van der Waals surface area contributed by atoms with Gasteiger partial charge in [0.25, 0.3) is 0 Å². The molecule has 0 radical (unpaired) electrons. The average molecular weight is 350 g/mol. The molecule has 1 amide bonds. The molecule has 2 aromatic heterocycles. The maximum atomic E-state index is 12.2. The van der Waals surface area contributed by atoms with Crippen LogP contribution in [0.5, 0.6) is 0 Å². The quantitative estimate of drug-likeness (QED) is 0.571. The van der Waals surface area contributed by atoms with E-state index in [1.807, 2.05) is 0 Å². The van der Waals surface area contributed by atoms with Crippen molar-refractivity contribution in [2.75, 3.05) is 5.32 Å². The second-order valence-electron chi connectivity index (χ2n) is 5.79. The fraction of sp³-hybridized carbons (Fsp3) is 0.105. The summed E-state index contributed by atoms with van der Waals surface area (Å²) in [5.74, 6) is -0.723. The normalized spacial score (nSPS) is 11.1. The molecule has 130 valence electrons. The maximum absolute atomic E-state index is 12.2. The minimum Gasteiger partial charge on any atom is -0.423 e. The number of aromatic nitrogens is 1. The van der Waals surface area contributed by atoms with Crippen LogP contribution in [-0.2, 0) is 11.3 Å². The summed E-state index contributed by atoms with van der Waals surface area (Å²) in [7, 11) is 0. The van der Waals surface area contributed by atoms with Gasteiger partial charge < -0.3 is 14.2 Å². The Morgan fingerprint density at radius 3 is 2.69 bits per heavy atom. The van der Waals surface area contributed by atoms with Gasteiger partial charge in [-0.2, -0.15) is 0 Å². The number of carbonyl (C=O) groups is 1. The summed E-state index contributed by atoms with van der Waals surface area (Å²) in [4.78, 5) is 35.3. The molecule has 1 N–H and O–H groups in total. The number of carbonyl (C=O) groups excluding carboxylic acids is 1. The summed E-state index contributed by atoms with van der Waals surface area (Å²) in [5.41, 5.74) is 1.76. The average Bonchev–Trinajstić information content (AvgIpc) is 2.95. The van der Waals surface area contributed by atoms with Gasteiger partial charge in [0, 0.05) is 30.1 Å². The van der Waals surface area contributed by atoms with E-state index >= 15 is 0 Å². The number of nitrogens with zero attached hydrogens (tertiary/aromatic N) is 1. The zero-order chi connectivity index (χ0) is 18.1. The van der Waals surface area contributed by atoms with Crippen molar-refractivity contribution in [2.24, 2.45) is 0 Å². The standard InChI is InChI=1S/C19H14N2O5/c22-17(9-10-21-14-3-1-2-4-16(14)26-19(21)24)20-13-6-7-15-12(11-13)5-8-18(23)25-15/h1-8,11H,9-10H2,(H,20,22). The lowest BCUT2D eigenvalue weighted by atomic mass is 10.2. The topological polar surface area (TPSA) is 94.4 Å². The first kappa shape index (κ1) is 15.9. The third kappa shape index (κ3) is 3.02. The van der Waals surface area contributed by atoms with Gasteiger partial charge >= 0.3 is 11.4 Å². The second-order valence-corrected chi connectivity index (χ2v) is 5.79. The van der Waals surface area contributed by atoms with Crippen LogP contribution in [0.15, 0.2) is 73.0 Å². The lowest BCUT2D eigenvalue weighted by molar-refractivity contribution is -0.116. The predicted octanol–water partition coefficient (Wildman–Crippen LogP) is 2.73. The molecule has 0 fully saturated rings. The summed E-state index contributed by atoms with van der Waals surface area (Å²) >= 11 is 0. The van der Waals surface area contributed by atoms with Crippen LogP contribution in [0.3, 0.4) is 0 Å². The molecule has 0 spiro atoms. The fourth-order valence-electron chi connectivity index (χ4n) is 2.81. The number of hydrogen-bond donors (Lipinski definition) is 1. The minimum atomic E-state index is -0.486. The van der Waals surface area contributed by atoms with E-state index in [1.54, 1.807) is 48.5 Å². The van der Waals surface area contributed by atoms with Crippen molar-refractivity contribution in [1.82, 2.24) is 4.57 Å². The van der Waals surface area contributed by atoms with Crippen molar-refractivity contribution >= 4 is 33.7 Å². The van der Waals surface area contributed by atoms with Gasteiger partial charge in [-0.1, -0.05) is 12.1 Å². The van der Waals surface area contributed by atoms with Crippen LogP contribution in [0.25, 0.3) is 22.1 Å². The number of aryl methyl sites for hydroxylation is 1. The van der Waals surface area contributed by atoms with E-state index in [4.69, 9.17) is 8.83 Å². The Bertz CT molecular complexity index is 1230. The van der Waals surface area contributed by atoms with Crippen molar-refractivity contribution in [3.05, 3.63) is 75.6 Å². The van der Waals surface area contributed by atoms with Crippen molar-refractivity contribution in [2.45, 2.75) is 13.0 Å². The molecule has 26 heavy (non-hydrogen) atoms. The van der Waals surface area contributed by atoms with E-state index in [-0.39, 0.29) is 18.9 Å². The van der Waals surface area contributed by atoms with E-state index in [0.717, 1.165) is 0 Å². The lowest BCUT2D eigenvalue weighted by Crippen LogP contribution is -2.19. The van der Waals surface area contributed by atoms with Gasteiger partial charge in [0.2, 0.25) is 5.91 Å². The van der Waals surface area contributed by atoms with E-state index in [1.165, 1.54) is 10.6 Å². The molecule has 0 aliphatic rings. The molecule has 0 saturated heterocycles. The smallest absolute Gasteiger partial charge is 0.419 e. The molecule has 0 aliphatic heterocycles. The minimum absolute atomic E-state index is 0.116. The highest BCUT2D eigenvalue weighted by Crippen LogP contribution is 2.18. The number of anilines is 1. The van der Waals surface area contributed by atoms with Crippen LogP contribution >= 0.6 is 0 Å². The Hall–Kier alpha value is -3.61. The summed E-state index contributed by atoms with van der Waals surface area (Å²) in [6, 6.07) is 15.0. The Morgan fingerprint density at radius 2 is 1.81 bits per heavy atom. The zero-order valence-corrected chi connectivity index (χ0v) is 13.6. The first-order chi connectivity index (χ1) is 12.6. The number of rotatable bonds is 4. The molecule has 0 unspecified atom stereocenters. The van der Waals surface area contributed by atoms with Crippen molar-refractivity contribution in [1.29, 1.82) is 0 Å². The van der Waals surface area contributed by atoms with Gasteiger partial charge in [-0.15, -0.1) is 0 Å². The molecule has 0 saturated carbocycles. The molecule has 2 heterocycles. The highest BCUT2D eigenvalue weighted by atomic mass is 16.4. The molecule has 0 bridgehead atoms. The number of nitrogens with one attached hydrogen (secondary N) is 1.